The van der Waals surface area contributed by atoms with Gasteiger partial charge < -0.3 is 19.9 Å². The fraction of sp³-hybridized carbons (Fsp3) is 0.636. The van der Waals surface area contributed by atoms with Gasteiger partial charge in [-0.1, -0.05) is 32.9 Å². The van der Waals surface area contributed by atoms with Crippen LogP contribution in [0.5, 0.6) is 0 Å². The molecule has 1 aliphatic rings. The molecule has 6 heteroatoms. The zero-order chi connectivity index (χ0) is 20.7. The predicted octanol–water partition coefficient (Wildman–Crippen LogP) is 2.81. The van der Waals surface area contributed by atoms with Crippen LogP contribution in [0.25, 0.3) is 0 Å². The summed E-state index contributed by atoms with van der Waals surface area (Å²) in [5.74, 6) is 0.00615. The number of hydrogen-bond acceptors (Lipinski definition) is 4. The van der Waals surface area contributed by atoms with Crippen LogP contribution in [0, 0.1) is 5.41 Å². The molecule has 156 valence electrons. The highest BCUT2D eigenvalue weighted by Gasteiger charge is 2.24. The minimum Gasteiger partial charge on any atom is -0.378 e. The fourth-order valence-electron chi connectivity index (χ4n) is 3.11. The smallest absolute Gasteiger partial charge is 0.225 e. The number of carbonyl (C=O) groups is 2. The van der Waals surface area contributed by atoms with E-state index >= 15 is 0 Å². The van der Waals surface area contributed by atoms with Gasteiger partial charge in [0.1, 0.15) is 0 Å². The molecule has 0 aliphatic carbocycles. The van der Waals surface area contributed by atoms with Crippen LogP contribution >= 0.6 is 0 Å². The first-order valence-corrected chi connectivity index (χ1v) is 10.1. The van der Waals surface area contributed by atoms with E-state index in [1.165, 1.54) is 0 Å². The van der Waals surface area contributed by atoms with E-state index in [4.69, 9.17) is 4.74 Å². The Kier molecular flexibility index (Phi) is 7.87. The Balaban J connectivity index is 1.97. The predicted molar refractivity (Wildman–Crippen MR) is 112 cm³/mol. The second kappa shape index (κ2) is 9.92. The zero-order valence-electron chi connectivity index (χ0n) is 18.0. The summed E-state index contributed by atoms with van der Waals surface area (Å²) in [5, 5.41) is 2.86. The summed E-state index contributed by atoms with van der Waals surface area (Å²) in [6, 6.07) is 8.25. The van der Waals surface area contributed by atoms with Crippen LogP contribution in [0.4, 0.5) is 5.69 Å². The number of hydrogen-bond donors (Lipinski definition) is 1. The Bertz CT molecular complexity index is 644. The second-order valence-electron chi connectivity index (χ2n) is 8.73. The van der Waals surface area contributed by atoms with E-state index in [2.05, 4.69) is 34.5 Å². The quantitative estimate of drug-likeness (QED) is 0.743. The largest absolute Gasteiger partial charge is 0.378 e. The SMILES string of the molecule is CN(C)c1ccc(CN(CC2CCCO2)C(=O)CCNC(=O)C(C)(C)C)cc1. The topological polar surface area (TPSA) is 61.9 Å². The van der Waals surface area contributed by atoms with Gasteiger partial charge in [0, 0.05) is 57.9 Å². The standard InChI is InChI=1S/C22H35N3O3/c1-22(2,3)21(27)23-13-12-20(26)25(16-19-7-6-14-28-19)15-17-8-10-18(11-9-17)24(4)5/h8-11,19H,6-7,12-16H2,1-5H3,(H,23,27). The van der Waals surface area contributed by atoms with Crippen LogP contribution in [0.2, 0.25) is 0 Å². The van der Waals surface area contributed by atoms with Crippen LogP contribution in [0.15, 0.2) is 24.3 Å². The van der Waals surface area contributed by atoms with Crippen LogP contribution in [-0.4, -0.2) is 56.6 Å². The molecule has 0 saturated carbocycles. The monoisotopic (exact) mass is 389 g/mol. The van der Waals surface area contributed by atoms with Crippen LogP contribution in [0.1, 0.15) is 45.6 Å². The summed E-state index contributed by atoms with van der Waals surface area (Å²) in [5.41, 5.74) is 1.77. The third kappa shape index (κ3) is 6.82. The van der Waals surface area contributed by atoms with Crippen molar-refractivity contribution in [2.24, 2.45) is 5.41 Å². The van der Waals surface area contributed by atoms with Crippen LogP contribution in [-0.2, 0) is 20.9 Å². The Morgan fingerprint density at radius 2 is 1.86 bits per heavy atom. The minimum atomic E-state index is -0.450. The maximum absolute atomic E-state index is 12.9. The van der Waals surface area contributed by atoms with E-state index in [0.29, 0.717) is 26.1 Å². The number of amides is 2. The molecule has 1 aliphatic heterocycles. The summed E-state index contributed by atoms with van der Waals surface area (Å²) < 4.78 is 5.74. The molecule has 1 heterocycles. The van der Waals surface area contributed by atoms with E-state index < -0.39 is 5.41 Å². The lowest BCUT2D eigenvalue weighted by Crippen LogP contribution is -2.40. The fourth-order valence-corrected chi connectivity index (χ4v) is 3.11. The molecule has 28 heavy (non-hydrogen) atoms. The number of nitrogens with zero attached hydrogens (tertiary/aromatic N) is 2. The summed E-state index contributed by atoms with van der Waals surface area (Å²) in [7, 11) is 4.02. The van der Waals surface area contributed by atoms with Gasteiger partial charge in [-0.15, -0.1) is 0 Å². The Labute approximate surface area is 169 Å². The Morgan fingerprint density at radius 1 is 1.18 bits per heavy atom. The third-order valence-electron chi connectivity index (χ3n) is 4.93. The van der Waals surface area contributed by atoms with Gasteiger partial charge in [-0.3, -0.25) is 9.59 Å². The minimum absolute atomic E-state index is 0.0368. The Morgan fingerprint density at radius 3 is 2.39 bits per heavy atom. The molecule has 0 aromatic heterocycles. The number of nitrogens with one attached hydrogen (secondary N) is 1. The first kappa shape index (κ1) is 22.2. The van der Waals surface area contributed by atoms with E-state index in [9.17, 15) is 9.59 Å². The van der Waals surface area contributed by atoms with Gasteiger partial charge >= 0.3 is 0 Å². The molecule has 0 bridgehead atoms. The lowest BCUT2D eigenvalue weighted by Gasteiger charge is -2.26. The lowest BCUT2D eigenvalue weighted by atomic mass is 9.96. The van der Waals surface area contributed by atoms with Gasteiger partial charge in [-0.05, 0) is 30.5 Å². The molecule has 0 spiro atoms. The number of rotatable bonds is 8. The maximum atomic E-state index is 12.9. The van der Waals surface area contributed by atoms with Gasteiger partial charge in [-0.2, -0.15) is 0 Å². The molecule has 1 atom stereocenters. The van der Waals surface area contributed by atoms with Crippen molar-refractivity contribution in [3.05, 3.63) is 29.8 Å². The van der Waals surface area contributed by atoms with E-state index in [-0.39, 0.29) is 17.9 Å². The van der Waals surface area contributed by atoms with Crippen molar-refractivity contribution in [3.8, 4) is 0 Å². The molecule has 1 N–H and O–H groups in total. The van der Waals surface area contributed by atoms with Crippen molar-refractivity contribution < 1.29 is 14.3 Å². The molecule has 6 nitrogen and oxygen atoms in total. The molecular formula is C22H35N3O3. The molecule has 1 fully saturated rings. The molecule has 1 aromatic rings. The highest BCUT2D eigenvalue weighted by Crippen LogP contribution is 2.18. The molecule has 1 saturated heterocycles. The van der Waals surface area contributed by atoms with Crippen molar-refractivity contribution >= 4 is 17.5 Å². The average molecular weight is 390 g/mol. The average Bonchev–Trinajstić information content (AvgIpc) is 3.13. The lowest BCUT2D eigenvalue weighted by molar-refractivity contribution is -0.133. The number of benzene rings is 1. The molecule has 2 amide bonds. The van der Waals surface area contributed by atoms with Crippen molar-refractivity contribution in [2.45, 2.75) is 52.7 Å². The zero-order valence-corrected chi connectivity index (χ0v) is 18.0. The van der Waals surface area contributed by atoms with Gasteiger partial charge in [0.05, 0.1) is 6.10 Å². The number of anilines is 1. The van der Waals surface area contributed by atoms with Crippen molar-refractivity contribution in [2.75, 3.05) is 38.7 Å². The second-order valence-corrected chi connectivity index (χ2v) is 8.73. The highest BCUT2D eigenvalue weighted by molar-refractivity contribution is 5.82. The van der Waals surface area contributed by atoms with Crippen molar-refractivity contribution in [3.63, 3.8) is 0 Å². The normalized spacial score (nSPS) is 16.7. The first-order valence-electron chi connectivity index (χ1n) is 10.1. The molecule has 1 aromatic carbocycles. The maximum Gasteiger partial charge on any atom is 0.225 e. The molecule has 2 rings (SSSR count). The number of ether oxygens (including phenoxy) is 1. The van der Waals surface area contributed by atoms with Crippen molar-refractivity contribution in [1.82, 2.24) is 10.2 Å². The summed E-state index contributed by atoms with van der Waals surface area (Å²) in [6.45, 7) is 7.88. The van der Waals surface area contributed by atoms with Gasteiger partial charge in [0.2, 0.25) is 11.8 Å². The third-order valence-corrected chi connectivity index (χ3v) is 4.93. The Hall–Kier alpha value is -2.08. The van der Waals surface area contributed by atoms with E-state index in [1.54, 1.807) is 0 Å². The molecule has 0 radical (unpaired) electrons. The van der Waals surface area contributed by atoms with Gasteiger partial charge in [-0.25, -0.2) is 0 Å². The van der Waals surface area contributed by atoms with Gasteiger partial charge in [0.25, 0.3) is 0 Å². The van der Waals surface area contributed by atoms with E-state index in [1.807, 2.05) is 39.8 Å². The highest BCUT2D eigenvalue weighted by atomic mass is 16.5. The van der Waals surface area contributed by atoms with E-state index in [0.717, 1.165) is 30.7 Å². The summed E-state index contributed by atoms with van der Waals surface area (Å²) in [4.78, 5) is 28.8. The van der Waals surface area contributed by atoms with Gasteiger partial charge in [0.15, 0.2) is 0 Å². The first-order chi connectivity index (χ1) is 13.2. The summed E-state index contributed by atoms with van der Waals surface area (Å²) >= 11 is 0. The van der Waals surface area contributed by atoms with Crippen molar-refractivity contribution in [1.29, 1.82) is 0 Å². The molecule has 1 unspecified atom stereocenters. The van der Waals surface area contributed by atoms with Crippen LogP contribution in [0.3, 0.4) is 0 Å². The molecular weight excluding hydrogens is 354 g/mol. The van der Waals surface area contributed by atoms with Crippen LogP contribution < -0.4 is 10.2 Å². The summed E-state index contributed by atoms with van der Waals surface area (Å²) in [6.07, 6.45) is 2.44. The number of carbonyl (C=O) groups excluding carboxylic acids is 2.